The van der Waals surface area contributed by atoms with Crippen molar-refractivity contribution < 1.29 is 0 Å². The SMILES string of the molecule is CCC1CCC(NCc2nnnn2-c2ccccc2)C1C. The lowest BCUT2D eigenvalue weighted by molar-refractivity contribution is 0.342. The van der Waals surface area contributed by atoms with Crippen molar-refractivity contribution in [1.82, 2.24) is 25.5 Å². The Morgan fingerprint density at radius 1 is 1.24 bits per heavy atom. The van der Waals surface area contributed by atoms with Gasteiger partial charge >= 0.3 is 0 Å². The van der Waals surface area contributed by atoms with Gasteiger partial charge in [-0.25, -0.2) is 0 Å². The summed E-state index contributed by atoms with van der Waals surface area (Å²) in [5.41, 5.74) is 1.00. The number of nitrogens with zero attached hydrogens (tertiary/aromatic N) is 4. The zero-order chi connectivity index (χ0) is 14.7. The van der Waals surface area contributed by atoms with Crippen LogP contribution in [0.3, 0.4) is 0 Å². The Bertz CT molecular complexity index is 565. The van der Waals surface area contributed by atoms with Gasteiger partial charge < -0.3 is 5.32 Å². The largest absolute Gasteiger partial charge is 0.307 e. The summed E-state index contributed by atoms with van der Waals surface area (Å²) in [6.07, 6.45) is 3.87. The highest BCUT2D eigenvalue weighted by Gasteiger charge is 2.31. The molecule has 3 atom stereocenters. The van der Waals surface area contributed by atoms with Crippen LogP contribution in [0.15, 0.2) is 30.3 Å². The Labute approximate surface area is 125 Å². The van der Waals surface area contributed by atoms with Crippen molar-refractivity contribution in [2.75, 3.05) is 0 Å². The second-order valence-electron chi connectivity index (χ2n) is 5.93. The highest BCUT2D eigenvalue weighted by atomic mass is 15.5. The molecular weight excluding hydrogens is 262 g/mol. The van der Waals surface area contributed by atoms with Gasteiger partial charge in [-0.3, -0.25) is 0 Å². The van der Waals surface area contributed by atoms with Gasteiger partial charge in [0.2, 0.25) is 0 Å². The third-order valence-corrected chi connectivity index (χ3v) is 4.81. The van der Waals surface area contributed by atoms with E-state index in [1.165, 1.54) is 19.3 Å². The molecule has 0 saturated heterocycles. The molecule has 3 unspecified atom stereocenters. The summed E-state index contributed by atoms with van der Waals surface area (Å²) in [6.45, 7) is 5.37. The quantitative estimate of drug-likeness (QED) is 0.917. The smallest absolute Gasteiger partial charge is 0.170 e. The first-order chi connectivity index (χ1) is 10.3. The molecule has 1 aromatic heterocycles. The number of hydrogen-bond donors (Lipinski definition) is 1. The zero-order valence-corrected chi connectivity index (χ0v) is 12.7. The summed E-state index contributed by atoms with van der Waals surface area (Å²) in [5.74, 6) is 2.46. The number of aromatic nitrogens is 4. The highest BCUT2D eigenvalue weighted by Crippen LogP contribution is 2.33. The first-order valence-corrected chi connectivity index (χ1v) is 7.85. The van der Waals surface area contributed by atoms with E-state index in [0.29, 0.717) is 12.6 Å². The molecule has 0 amide bonds. The normalized spacial score (nSPS) is 25.3. The van der Waals surface area contributed by atoms with Crippen LogP contribution in [0.25, 0.3) is 5.69 Å². The van der Waals surface area contributed by atoms with E-state index in [1.807, 2.05) is 35.0 Å². The lowest BCUT2D eigenvalue weighted by atomic mass is 9.93. The molecule has 2 aromatic rings. The van der Waals surface area contributed by atoms with Crippen LogP contribution in [0.1, 0.15) is 38.9 Å². The molecule has 0 spiro atoms. The van der Waals surface area contributed by atoms with Crippen LogP contribution in [-0.2, 0) is 6.54 Å². The summed E-state index contributed by atoms with van der Waals surface area (Å²) >= 11 is 0. The van der Waals surface area contributed by atoms with Crippen molar-refractivity contribution in [2.45, 2.75) is 45.7 Å². The standard InChI is InChI=1S/C16H23N5/c1-3-13-9-10-15(12(13)2)17-11-16-18-19-20-21(16)14-7-5-4-6-8-14/h4-8,12-13,15,17H,3,9-11H2,1-2H3. The Hall–Kier alpha value is -1.75. The fourth-order valence-electron chi connectivity index (χ4n) is 3.42. The van der Waals surface area contributed by atoms with Gasteiger partial charge in [-0.05, 0) is 47.2 Å². The summed E-state index contributed by atoms with van der Waals surface area (Å²) in [4.78, 5) is 0. The average Bonchev–Trinajstić information content (AvgIpc) is 3.12. The van der Waals surface area contributed by atoms with Gasteiger partial charge in [0.15, 0.2) is 5.82 Å². The molecule has 0 radical (unpaired) electrons. The van der Waals surface area contributed by atoms with Crippen molar-refractivity contribution in [2.24, 2.45) is 11.8 Å². The number of para-hydroxylation sites is 1. The highest BCUT2D eigenvalue weighted by molar-refractivity contribution is 5.30. The van der Waals surface area contributed by atoms with E-state index >= 15 is 0 Å². The fraction of sp³-hybridized carbons (Fsp3) is 0.562. The maximum absolute atomic E-state index is 4.16. The molecule has 1 N–H and O–H groups in total. The molecule has 1 fully saturated rings. The number of nitrogens with one attached hydrogen (secondary N) is 1. The van der Waals surface area contributed by atoms with Crippen LogP contribution >= 0.6 is 0 Å². The van der Waals surface area contributed by atoms with Gasteiger partial charge in [-0.15, -0.1) is 5.10 Å². The molecule has 1 aliphatic rings. The van der Waals surface area contributed by atoms with Crippen molar-refractivity contribution in [3.8, 4) is 5.69 Å². The number of rotatable bonds is 5. The minimum absolute atomic E-state index is 0.580. The van der Waals surface area contributed by atoms with Crippen molar-refractivity contribution in [3.63, 3.8) is 0 Å². The minimum atomic E-state index is 0.580. The molecule has 0 aliphatic heterocycles. The topological polar surface area (TPSA) is 55.6 Å². The van der Waals surface area contributed by atoms with Crippen LogP contribution in [-0.4, -0.2) is 26.2 Å². The first kappa shape index (κ1) is 14.2. The Balaban J connectivity index is 1.66. The predicted molar refractivity (Wildman–Crippen MR) is 82.0 cm³/mol. The summed E-state index contributed by atoms with van der Waals surface area (Å²) < 4.78 is 1.81. The van der Waals surface area contributed by atoms with Crippen LogP contribution in [0, 0.1) is 11.8 Å². The summed E-state index contributed by atoms with van der Waals surface area (Å²) in [7, 11) is 0. The second-order valence-corrected chi connectivity index (χ2v) is 5.93. The summed E-state index contributed by atoms with van der Waals surface area (Å²) in [6, 6.07) is 10.6. The van der Waals surface area contributed by atoms with E-state index in [4.69, 9.17) is 0 Å². The van der Waals surface area contributed by atoms with Gasteiger partial charge in [0.05, 0.1) is 12.2 Å². The monoisotopic (exact) mass is 285 g/mol. The fourth-order valence-corrected chi connectivity index (χ4v) is 3.42. The molecule has 0 bridgehead atoms. The van der Waals surface area contributed by atoms with Gasteiger partial charge in [0, 0.05) is 6.04 Å². The Kier molecular flexibility index (Phi) is 4.29. The number of benzene rings is 1. The molecule has 3 rings (SSSR count). The zero-order valence-electron chi connectivity index (χ0n) is 12.7. The molecule has 1 aromatic carbocycles. The molecule has 1 saturated carbocycles. The molecule has 21 heavy (non-hydrogen) atoms. The van der Waals surface area contributed by atoms with Gasteiger partial charge in [-0.1, -0.05) is 38.5 Å². The van der Waals surface area contributed by atoms with E-state index in [2.05, 4.69) is 34.7 Å². The number of hydrogen-bond acceptors (Lipinski definition) is 4. The van der Waals surface area contributed by atoms with E-state index in [-0.39, 0.29) is 0 Å². The van der Waals surface area contributed by atoms with Crippen LogP contribution in [0.5, 0.6) is 0 Å². The predicted octanol–water partition coefficient (Wildman–Crippen LogP) is 2.58. The molecular formula is C16H23N5. The maximum atomic E-state index is 4.16. The molecule has 5 nitrogen and oxygen atoms in total. The third kappa shape index (κ3) is 2.97. The van der Waals surface area contributed by atoms with E-state index in [9.17, 15) is 0 Å². The van der Waals surface area contributed by atoms with Crippen LogP contribution in [0.4, 0.5) is 0 Å². The van der Waals surface area contributed by atoms with Crippen LogP contribution < -0.4 is 5.32 Å². The van der Waals surface area contributed by atoms with Crippen molar-refractivity contribution >= 4 is 0 Å². The van der Waals surface area contributed by atoms with Crippen molar-refractivity contribution in [1.29, 1.82) is 0 Å². The molecule has 1 aliphatic carbocycles. The lowest BCUT2D eigenvalue weighted by Crippen LogP contribution is -2.33. The first-order valence-electron chi connectivity index (χ1n) is 7.85. The lowest BCUT2D eigenvalue weighted by Gasteiger charge is -2.20. The molecule has 5 heteroatoms. The Morgan fingerprint density at radius 3 is 2.76 bits per heavy atom. The molecule has 1 heterocycles. The van der Waals surface area contributed by atoms with E-state index < -0.39 is 0 Å². The van der Waals surface area contributed by atoms with Crippen LogP contribution in [0.2, 0.25) is 0 Å². The maximum Gasteiger partial charge on any atom is 0.170 e. The third-order valence-electron chi connectivity index (χ3n) is 4.81. The second kappa shape index (κ2) is 6.35. The van der Waals surface area contributed by atoms with E-state index in [0.717, 1.165) is 23.3 Å². The van der Waals surface area contributed by atoms with Gasteiger partial charge in [0.25, 0.3) is 0 Å². The van der Waals surface area contributed by atoms with Crippen molar-refractivity contribution in [3.05, 3.63) is 36.2 Å². The van der Waals surface area contributed by atoms with Gasteiger partial charge in [0.1, 0.15) is 0 Å². The van der Waals surface area contributed by atoms with Gasteiger partial charge in [-0.2, -0.15) is 4.68 Å². The summed E-state index contributed by atoms with van der Waals surface area (Å²) in [5, 5.41) is 15.7. The Morgan fingerprint density at radius 2 is 2.05 bits per heavy atom. The van der Waals surface area contributed by atoms with E-state index in [1.54, 1.807) is 0 Å². The minimum Gasteiger partial charge on any atom is -0.307 e. The average molecular weight is 285 g/mol. The molecule has 112 valence electrons. The number of tetrazole rings is 1.